The molecule has 0 radical (unpaired) electrons. The van der Waals surface area contributed by atoms with E-state index in [1.807, 2.05) is 32.0 Å². The summed E-state index contributed by atoms with van der Waals surface area (Å²) in [4.78, 5) is 24.3. The summed E-state index contributed by atoms with van der Waals surface area (Å²) in [5.74, 6) is 1.27. The van der Waals surface area contributed by atoms with Crippen LogP contribution in [0.2, 0.25) is 0 Å². The van der Waals surface area contributed by atoms with Crippen molar-refractivity contribution < 1.29 is 28.5 Å². The fourth-order valence-corrected chi connectivity index (χ4v) is 3.05. The monoisotopic (exact) mass is 446 g/mol. The molecule has 8 nitrogen and oxygen atoms in total. The van der Waals surface area contributed by atoms with Gasteiger partial charge in [0.15, 0.2) is 18.1 Å². The van der Waals surface area contributed by atoms with E-state index in [-0.39, 0.29) is 19.3 Å². The number of nitrogens with zero attached hydrogens (tertiary/aromatic N) is 1. The topological polar surface area (TPSA) is 95.5 Å². The number of carbonyl (C=O) groups is 2. The molecule has 33 heavy (non-hydrogen) atoms. The second-order valence-electron chi connectivity index (χ2n) is 7.31. The summed E-state index contributed by atoms with van der Waals surface area (Å²) in [5.41, 5.74) is 5.58. The molecule has 0 aliphatic carbocycles. The third kappa shape index (κ3) is 5.48. The van der Waals surface area contributed by atoms with Crippen molar-refractivity contribution in [1.82, 2.24) is 5.43 Å². The van der Waals surface area contributed by atoms with Gasteiger partial charge in [-0.3, -0.25) is 4.79 Å². The highest BCUT2D eigenvalue weighted by Gasteiger charge is 2.17. The van der Waals surface area contributed by atoms with Gasteiger partial charge < -0.3 is 18.9 Å². The molecule has 3 aromatic carbocycles. The number of ether oxygens (including phenoxy) is 4. The van der Waals surface area contributed by atoms with Gasteiger partial charge in [-0.05, 0) is 79.1 Å². The number of carbonyl (C=O) groups excluding carboxylic acids is 2. The number of hydrazone groups is 1. The lowest BCUT2D eigenvalue weighted by atomic mass is 10.1. The third-order valence-corrected chi connectivity index (χ3v) is 5.02. The van der Waals surface area contributed by atoms with Crippen molar-refractivity contribution in [1.29, 1.82) is 0 Å². The number of esters is 1. The molecule has 0 fully saturated rings. The molecule has 0 spiro atoms. The average molecular weight is 446 g/mol. The summed E-state index contributed by atoms with van der Waals surface area (Å²) in [6, 6.07) is 17.2. The predicted octanol–water partition coefficient (Wildman–Crippen LogP) is 3.78. The van der Waals surface area contributed by atoms with Crippen LogP contribution in [0.4, 0.5) is 0 Å². The predicted molar refractivity (Wildman–Crippen MR) is 121 cm³/mol. The van der Waals surface area contributed by atoms with Crippen LogP contribution in [0.3, 0.4) is 0 Å². The Kier molecular flexibility index (Phi) is 6.54. The molecule has 1 aliphatic rings. The molecule has 168 valence electrons. The maximum atomic E-state index is 12.3. The van der Waals surface area contributed by atoms with Gasteiger partial charge in [0.1, 0.15) is 11.5 Å². The molecule has 0 bridgehead atoms. The van der Waals surface area contributed by atoms with E-state index in [1.165, 1.54) is 6.21 Å². The summed E-state index contributed by atoms with van der Waals surface area (Å²) < 4.78 is 21.4. The first-order valence-corrected chi connectivity index (χ1v) is 10.2. The number of hydrogen-bond donors (Lipinski definition) is 1. The first-order chi connectivity index (χ1) is 16.0. The summed E-state index contributed by atoms with van der Waals surface area (Å²) in [5, 5.41) is 3.93. The fourth-order valence-electron chi connectivity index (χ4n) is 3.05. The largest absolute Gasteiger partial charge is 0.483 e. The standard InChI is InChI=1S/C25H22N2O6/c1-16-4-3-5-21(17(16)2)30-14-24(28)27-26-13-18-6-9-20(10-7-18)33-25(29)19-8-11-22-23(12-19)32-15-31-22/h3-13H,14-15H2,1-2H3,(H,27,28)/b26-13-. The van der Waals surface area contributed by atoms with E-state index in [4.69, 9.17) is 18.9 Å². The summed E-state index contributed by atoms with van der Waals surface area (Å²) in [7, 11) is 0. The molecule has 0 saturated heterocycles. The molecule has 4 rings (SSSR count). The van der Waals surface area contributed by atoms with Gasteiger partial charge in [-0.15, -0.1) is 0 Å². The molecule has 1 aliphatic heterocycles. The van der Waals surface area contributed by atoms with Crippen LogP contribution in [-0.4, -0.2) is 31.5 Å². The normalized spacial score (nSPS) is 11.9. The van der Waals surface area contributed by atoms with Crippen LogP contribution in [0.1, 0.15) is 27.0 Å². The summed E-state index contributed by atoms with van der Waals surface area (Å²) in [6.45, 7) is 3.92. The first-order valence-electron chi connectivity index (χ1n) is 10.2. The number of rotatable bonds is 7. The van der Waals surface area contributed by atoms with Crippen LogP contribution in [0.15, 0.2) is 65.8 Å². The lowest BCUT2D eigenvalue weighted by Gasteiger charge is -2.09. The van der Waals surface area contributed by atoms with Gasteiger partial charge in [0.25, 0.3) is 5.91 Å². The maximum absolute atomic E-state index is 12.3. The molecule has 1 amide bonds. The van der Waals surface area contributed by atoms with Crippen molar-refractivity contribution in [2.24, 2.45) is 5.10 Å². The van der Waals surface area contributed by atoms with Crippen molar-refractivity contribution in [2.45, 2.75) is 13.8 Å². The summed E-state index contributed by atoms with van der Waals surface area (Å²) in [6.07, 6.45) is 1.49. The number of amides is 1. The third-order valence-electron chi connectivity index (χ3n) is 5.02. The number of nitrogens with one attached hydrogen (secondary N) is 1. The van der Waals surface area contributed by atoms with Gasteiger partial charge in [0.2, 0.25) is 6.79 Å². The van der Waals surface area contributed by atoms with Crippen molar-refractivity contribution >= 4 is 18.1 Å². The smallest absolute Gasteiger partial charge is 0.343 e. The van der Waals surface area contributed by atoms with Gasteiger partial charge in [-0.1, -0.05) is 12.1 Å². The Balaban J connectivity index is 1.26. The van der Waals surface area contributed by atoms with E-state index in [1.54, 1.807) is 42.5 Å². The van der Waals surface area contributed by atoms with Crippen LogP contribution in [0.5, 0.6) is 23.0 Å². The Bertz CT molecular complexity index is 1200. The lowest BCUT2D eigenvalue weighted by molar-refractivity contribution is -0.123. The fraction of sp³-hybridized carbons (Fsp3) is 0.160. The van der Waals surface area contributed by atoms with Crippen molar-refractivity contribution in [3.8, 4) is 23.0 Å². The van der Waals surface area contributed by atoms with Gasteiger partial charge >= 0.3 is 5.97 Å². The summed E-state index contributed by atoms with van der Waals surface area (Å²) >= 11 is 0. The van der Waals surface area contributed by atoms with E-state index in [0.29, 0.717) is 34.1 Å². The van der Waals surface area contributed by atoms with Gasteiger partial charge in [0, 0.05) is 0 Å². The van der Waals surface area contributed by atoms with Crippen LogP contribution >= 0.6 is 0 Å². The molecule has 1 heterocycles. The quantitative estimate of drug-likeness (QED) is 0.257. The SMILES string of the molecule is Cc1cccc(OCC(=O)N/N=C\c2ccc(OC(=O)c3ccc4c(c3)OCO4)cc2)c1C. The Morgan fingerprint density at radius 3 is 2.64 bits per heavy atom. The molecule has 0 saturated carbocycles. The van der Waals surface area contributed by atoms with Crippen molar-refractivity contribution in [3.63, 3.8) is 0 Å². The van der Waals surface area contributed by atoms with Gasteiger partial charge in [-0.2, -0.15) is 5.10 Å². The Labute approximate surface area is 190 Å². The maximum Gasteiger partial charge on any atom is 0.343 e. The zero-order chi connectivity index (χ0) is 23.2. The van der Waals surface area contributed by atoms with E-state index in [2.05, 4.69) is 10.5 Å². The molecule has 8 heteroatoms. The van der Waals surface area contributed by atoms with Crippen LogP contribution in [0, 0.1) is 13.8 Å². The highest BCUT2D eigenvalue weighted by atomic mass is 16.7. The second-order valence-corrected chi connectivity index (χ2v) is 7.31. The highest BCUT2D eigenvalue weighted by Crippen LogP contribution is 2.32. The Morgan fingerprint density at radius 1 is 1.03 bits per heavy atom. The first kappa shape index (κ1) is 21.9. The molecule has 3 aromatic rings. The highest BCUT2D eigenvalue weighted by molar-refractivity contribution is 5.92. The zero-order valence-corrected chi connectivity index (χ0v) is 18.2. The number of benzene rings is 3. The zero-order valence-electron chi connectivity index (χ0n) is 18.2. The molecular formula is C25H22N2O6. The minimum atomic E-state index is -0.508. The minimum absolute atomic E-state index is 0.136. The molecule has 0 aromatic heterocycles. The van der Waals surface area contributed by atoms with Gasteiger partial charge in [-0.25, -0.2) is 10.2 Å². The van der Waals surface area contributed by atoms with E-state index in [0.717, 1.165) is 11.1 Å². The lowest BCUT2D eigenvalue weighted by Crippen LogP contribution is -2.24. The van der Waals surface area contributed by atoms with Crippen molar-refractivity contribution in [3.05, 3.63) is 82.9 Å². The van der Waals surface area contributed by atoms with E-state index < -0.39 is 5.97 Å². The molecule has 0 unspecified atom stereocenters. The minimum Gasteiger partial charge on any atom is -0.483 e. The van der Waals surface area contributed by atoms with Crippen LogP contribution < -0.4 is 24.4 Å². The van der Waals surface area contributed by atoms with Crippen LogP contribution in [-0.2, 0) is 4.79 Å². The molecular weight excluding hydrogens is 424 g/mol. The Hall–Kier alpha value is -4.33. The average Bonchev–Trinajstić information content (AvgIpc) is 3.29. The Morgan fingerprint density at radius 2 is 1.82 bits per heavy atom. The number of hydrogen-bond acceptors (Lipinski definition) is 7. The number of aryl methyl sites for hydroxylation is 1. The second kappa shape index (κ2) is 9.86. The van der Waals surface area contributed by atoms with E-state index >= 15 is 0 Å². The molecule has 0 atom stereocenters. The number of fused-ring (bicyclic) bond motifs is 1. The van der Waals surface area contributed by atoms with E-state index in [9.17, 15) is 9.59 Å². The van der Waals surface area contributed by atoms with Crippen LogP contribution in [0.25, 0.3) is 0 Å². The van der Waals surface area contributed by atoms with Crippen molar-refractivity contribution in [2.75, 3.05) is 13.4 Å². The van der Waals surface area contributed by atoms with Gasteiger partial charge in [0.05, 0.1) is 11.8 Å². The molecule has 1 N–H and O–H groups in total.